The number of likely N-dealkylation sites (N-methyl/N-ethyl adjacent to an activating group) is 1. The van der Waals surface area contributed by atoms with E-state index in [2.05, 4.69) is 5.32 Å². The van der Waals surface area contributed by atoms with Gasteiger partial charge in [-0.3, -0.25) is 0 Å². The Morgan fingerprint density at radius 2 is 2.38 bits per heavy atom. The number of nitrogens with one attached hydrogen (secondary N) is 1. The van der Waals surface area contributed by atoms with Gasteiger partial charge >= 0.3 is 5.97 Å². The maximum atomic E-state index is 11.6. The zero-order chi connectivity index (χ0) is 12.0. The average molecular weight is 231 g/mol. The van der Waals surface area contributed by atoms with Crippen molar-refractivity contribution in [1.82, 2.24) is 5.32 Å². The highest BCUT2D eigenvalue weighted by molar-refractivity contribution is 5.80. The SMILES string of the molecule is CCNC(C)(COC1CCOC1)C(=O)OC. The molecular weight excluding hydrogens is 210 g/mol. The minimum absolute atomic E-state index is 0.0997. The summed E-state index contributed by atoms with van der Waals surface area (Å²) in [6, 6.07) is 0. The lowest BCUT2D eigenvalue weighted by molar-refractivity contribution is -0.151. The van der Waals surface area contributed by atoms with Crippen LogP contribution in [0, 0.1) is 0 Å². The summed E-state index contributed by atoms with van der Waals surface area (Å²) in [5.41, 5.74) is -0.772. The van der Waals surface area contributed by atoms with Gasteiger partial charge in [-0.2, -0.15) is 0 Å². The summed E-state index contributed by atoms with van der Waals surface area (Å²) in [5, 5.41) is 3.09. The van der Waals surface area contributed by atoms with Crippen molar-refractivity contribution in [3.63, 3.8) is 0 Å². The van der Waals surface area contributed by atoms with Gasteiger partial charge in [0.15, 0.2) is 0 Å². The number of hydrogen-bond acceptors (Lipinski definition) is 5. The van der Waals surface area contributed by atoms with Crippen molar-refractivity contribution in [3.8, 4) is 0 Å². The molecule has 94 valence electrons. The van der Waals surface area contributed by atoms with Crippen molar-refractivity contribution in [1.29, 1.82) is 0 Å². The number of carbonyl (C=O) groups is 1. The highest BCUT2D eigenvalue weighted by Gasteiger charge is 2.35. The van der Waals surface area contributed by atoms with E-state index in [1.165, 1.54) is 7.11 Å². The van der Waals surface area contributed by atoms with Gasteiger partial charge in [0.2, 0.25) is 0 Å². The van der Waals surface area contributed by atoms with Gasteiger partial charge in [-0.05, 0) is 19.9 Å². The molecule has 1 fully saturated rings. The van der Waals surface area contributed by atoms with Crippen LogP contribution in [0.5, 0.6) is 0 Å². The van der Waals surface area contributed by atoms with Crippen LogP contribution in [0.2, 0.25) is 0 Å². The second-order valence-electron chi connectivity index (χ2n) is 4.15. The van der Waals surface area contributed by atoms with Gasteiger partial charge in [-0.25, -0.2) is 4.79 Å². The third kappa shape index (κ3) is 3.43. The van der Waals surface area contributed by atoms with Gasteiger partial charge in [0.25, 0.3) is 0 Å². The fraction of sp³-hybridized carbons (Fsp3) is 0.909. The van der Waals surface area contributed by atoms with Gasteiger partial charge < -0.3 is 19.5 Å². The van der Waals surface area contributed by atoms with Gasteiger partial charge in [-0.1, -0.05) is 6.92 Å². The van der Waals surface area contributed by atoms with Crippen LogP contribution >= 0.6 is 0 Å². The van der Waals surface area contributed by atoms with Crippen LogP contribution in [0.15, 0.2) is 0 Å². The van der Waals surface area contributed by atoms with Crippen LogP contribution in [0.4, 0.5) is 0 Å². The largest absolute Gasteiger partial charge is 0.468 e. The molecule has 2 unspecified atom stereocenters. The summed E-state index contributed by atoms with van der Waals surface area (Å²) in [6.07, 6.45) is 0.992. The quantitative estimate of drug-likeness (QED) is 0.668. The lowest BCUT2D eigenvalue weighted by Crippen LogP contribution is -2.54. The molecule has 0 aromatic rings. The first kappa shape index (κ1) is 13.4. The lowest BCUT2D eigenvalue weighted by atomic mass is 10.0. The molecule has 2 atom stereocenters. The van der Waals surface area contributed by atoms with Gasteiger partial charge in [0, 0.05) is 6.61 Å². The second-order valence-corrected chi connectivity index (χ2v) is 4.15. The molecule has 16 heavy (non-hydrogen) atoms. The van der Waals surface area contributed by atoms with E-state index in [0.717, 1.165) is 13.0 Å². The van der Waals surface area contributed by atoms with E-state index in [9.17, 15) is 4.79 Å². The van der Waals surface area contributed by atoms with E-state index in [1.54, 1.807) is 6.92 Å². The molecule has 1 saturated heterocycles. The monoisotopic (exact) mass is 231 g/mol. The van der Waals surface area contributed by atoms with Crippen molar-refractivity contribution < 1.29 is 19.0 Å². The Hall–Kier alpha value is -0.650. The molecular formula is C11H21NO4. The molecule has 0 amide bonds. The van der Waals surface area contributed by atoms with Crippen LogP contribution in [-0.4, -0.2) is 51.1 Å². The Balaban J connectivity index is 2.45. The van der Waals surface area contributed by atoms with Gasteiger partial charge in [0.05, 0.1) is 26.4 Å². The van der Waals surface area contributed by atoms with E-state index in [-0.39, 0.29) is 12.1 Å². The number of hydrogen-bond donors (Lipinski definition) is 1. The zero-order valence-electron chi connectivity index (χ0n) is 10.2. The summed E-state index contributed by atoms with van der Waals surface area (Å²) >= 11 is 0. The van der Waals surface area contributed by atoms with Crippen molar-refractivity contribution in [2.24, 2.45) is 0 Å². The second kappa shape index (κ2) is 6.18. The van der Waals surface area contributed by atoms with Crippen molar-refractivity contribution in [2.45, 2.75) is 31.9 Å². The molecule has 1 heterocycles. The number of carbonyl (C=O) groups excluding carboxylic acids is 1. The van der Waals surface area contributed by atoms with E-state index in [1.807, 2.05) is 6.92 Å². The molecule has 0 aliphatic carbocycles. The first-order valence-electron chi connectivity index (χ1n) is 5.65. The zero-order valence-corrected chi connectivity index (χ0v) is 10.2. The highest BCUT2D eigenvalue weighted by Crippen LogP contribution is 2.13. The summed E-state index contributed by atoms with van der Waals surface area (Å²) in [5.74, 6) is -0.298. The minimum atomic E-state index is -0.772. The Bertz CT molecular complexity index is 228. The molecule has 1 rings (SSSR count). The van der Waals surface area contributed by atoms with Crippen molar-refractivity contribution in [2.75, 3.05) is 33.5 Å². The van der Waals surface area contributed by atoms with Crippen molar-refractivity contribution >= 4 is 5.97 Å². The summed E-state index contributed by atoms with van der Waals surface area (Å²) in [6.45, 7) is 6.08. The Morgan fingerprint density at radius 1 is 1.62 bits per heavy atom. The fourth-order valence-electron chi connectivity index (χ4n) is 1.73. The first-order chi connectivity index (χ1) is 7.62. The molecule has 0 spiro atoms. The van der Waals surface area contributed by atoms with Crippen LogP contribution in [0.3, 0.4) is 0 Å². The van der Waals surface area contributed by atoms with E-state index >= 15 is 0 Å². The Labute approximate surface area is 96.4 Å². The molecule has 1 aliphatic heterocycles. The lowest BCUT2D eigenvalue weighted by Gasteiger charge is -2.28. The maximum Gasteiger partial charge on any atom is 0.328 e. The molecule has 1 aliphatic rings. The molecule has 1 N–H and O–H groups in total. The molecule has 0 aromatic heterocycles. The van der Waals surface area contributed by atoms with Crippen molar-refractivity contribution in [3.05, 3.63) is 0 Å². The number of ether oxygens (including phenoxy) is 3. The number of methoxy groups -OCH3 is 1. The van der Waals surface area contributed by atoms with Crippen LogP contribution < -0.4 is 5.32 Å². The highest BCUT2D eigenvalue weighted by atomic mass is 16.6. The first-order valence-corrected chi connectivity index (χ1v) is 5.65. The molecule has 0 aromatic carbocycles. The van der Waals surface area contributed by atoms with Crippen LogP contribution in [0.25, 0.3) is 0 Å². The normalized spacial score (nSPS) is 24.1. The molecule has 0 radical (unpaired) electrons. The van der Waals surface area contributed by atoms with E-state index in [0.29, 0.717) is 19.8 Å². The molecule has 0 bridgehead atoms. The Morgan fingerprint density at radius 3 is 2.88 bits per heavy atom. The third-order valence-electron chi connectivity index (χ3n) is 2.70. The predicted molar refractivity (Wildman–Crippen MR) is 59.3 cm³/mol. The van der Waals surface area contributed by atoms with Crippen LogP contribution in [0.1, 0.15) is 20.3 Å². The van der Waals surface area contributed by atoms with Crippen LogP contribution in [-0.2, 0) is 19.0 Å². The molecule has 5 heteroatoms. The molecule has 5 nitrogen and oxygen atoms in total. The van der Waals surface area contributed by atoms with Gasteiger partial charge in [0.1, 0.15) is 5.54 Å². The van der Waals surface area contributed by atoms with E-state index < -0.39 is 5.54 Å². The minimum Gasteiger partial charge on any atom is -0.468 e. The smallest absolute Gasteiger partial charge is 0.328 e. The Kier molecular flexibility index (Phi) is 5.18. The maximum absolute atomic E-state index is 11.6. The fourth-order valence-corrected chi connectivity index (χ4v) is 1.73. The average Bonchev–Trinajstić information content (AvgIpc) is 2.78. The number of rotatable bonds is 6. The summed E-state index contributed by atoms with van der Waals surface area (Å²) in [4.78, 5) is 11.6. The summed E-state index contributed by atoms with van der Waals surface area (Å²) < 4.78 is 15.6. The van der Waals surface area contributed by atoms with E-state index in [4.69, 9.17) is 14.2 Å². The van der Waals surface area contributed by atoms with Gasteiger partial charge in [-0.15, -0.1) is 0 Å². The summed E-state index contributed by atoms with van der Waals surface area (Å²) in [7, 11) is 1.39. The predicted octanol–water partition coefficient (Wildman–Crippen LogP) is 0.333. The third-order valence-corrected chi connectivity index (χ3v) is 2.70. The number of esters is 1. The standard InChI is InChI=1S/C11H21NO4/c1-4-12-11(2,10(13)14-3)8-16-9-5-6-15-7-9/h9,12H,4-8H2,1-3H3. The topological polar surface area (TPSA) is 56.8 Å². The molecule has 0 saturated carbocycles.